The molecule has 17 heavy (non-hydrogen) atoms. The van der Waals surface area contributed by atoms with Gasteiger partial charge >= 0.3 is 0 Å². The number of nitrogens with zero attached hydrogens (tertiary/aromatic N) is 2. The van der Waals surface area contributed by atoms with Gasteiger partial charge in [-0.1, -0.05) is 6.92 Å². The predicted octanol–water partition coefficient (Wildman–Crippen LogP) is 2.85. The number of nitrogen functional groups attached to an aromatic ring is 1. The van der Waals surface area contributed by atoms with Crippen molar-refractivity contribution in [3.8, 4) is 11.3 Å². The van der Waals surface area contributed by atoms with Gasteiger partial charge in [0.15, 0.2) is 0 Å². The number of imidazole rings is 1. The Balaban J connectivity index is 2.52. The summed E-state index contributed by atoms with van der Waals surface area (Å²) < 4.78 is 14.8. The Morgan fingerprint density at radius 1 is 1.24 bits per heavy atom. The fraction of sp³-hybridized carbons (Fsp3) is 0.308. The second-order valence-corrected chi connectivity index (χ2v) is 3.87. The van der Waals surface area contributed by atoms with Crippen molar-refractivity contribution in [2.75, 3.05) is 5.73 Å². The SMILES string of the molecule is CCc1nc(-c2ccc(F)cc2)c(N)n1CC. The first-order valence-corrected chi connectivity index (χ1v) is 5.78. The third-order valence-corrected chi connectivity index (χ3v) is 2.84. The number of aromatic nitrogens is 2. The molecule has 2 N–H and O–H groups in total. The van der Waals surface area contributed by atoms with Crippen LogP contribution in [0.25, 0.3) is 11.3 Å². The van der Waals surface area contributed by atoms with Crippen LogP contribution in [0.2, 0.25) is 0 Å². The number of hydrogen-bond donors (Lipinski definition) is 1. The van der Waals surface area contributed by atoms with Gasteiger partial charge in [-0.3, -0.25) is 0 Å². The minimum atomic E-state index is -0.252. The Labute approximate surface area is 100 Å². The maximum Gasteiger partial charge on any atom is 0.131 e. The van der Waals surface area contributed by atoms with Crippen LogP contribution in [0, 0.1) is 5.82 Å². The number of aryl methyl sites for hydroxylation is 1. The summed E-state index contributed by atoms with van der Waals surface area (Å²) in [6.07, 6.45) is 0.833. The van der Waals surface area contributed by atoms with Gasteiger partial charge in [0.25, 0.3) is 0 Å². The zero-order valence-electron chi connectivity index (χ0n) is 10.1. The van der Waals surface area contributed by atoms with Gasteiger partial charge in [-0.05, 0) is 31.2 Å². The Hall–Kier alpha value is -1.84. The van der Waals surface area contributed by atoms with E-state index in [0.29, 0.717) is 5.82 Å². The molecule has 1 aromatic heterocycles. The lowest BCUT2D eigenvalue weighted by molar-refractivity contribution is 0.628. The van der Waals surface area contributed by atoms with Crippen molar-refractivity contribution in [1.29, 1.82) is 0 Å². The maximum absolute atomic E-state index is 12.9. The van der Waals surface area contributed by atoms with E-state index in [2.05, 4.69) is 4.98 Å². The van der Waals surface area contributed by atoms with E-state index in [4.69, 9.17) is 5.73 Å². The molecular weight excluding hydrogens is 217 g/mol. The van der Waals surface area contributed by atoms with Crippen LogP contribution in [0.15, 0.2) is 24.3 Å². The molecular formula is C13H16FN3. The number of nitrogens with two attached hydrogens (primary N) is 1. The van der Waals surface area contributed by atoms with Crippen molar-refractivity contribution in [1.82, 2.24) is 9.55 Å². The highest BCUT2D eigenvalue weighted by molar-refractivity contribution is 5.70. The molecule has 3 nitrogen and oxygen atoms in total. The molecule has 0 fully saturated rings. The minimum Gasteiger partial charge on any atom is -0.383 e. The third-order valence-electron chi connectivity index (χ3n) is 2.84. The van der Waals surface area contributed by atoms with Crippen LogP contribution < -0.4 is 5.73 Å². The van der Waals surface area contributed by atoms with Crippen molar-refractivity contribution in [2.45, 2.75) is 26.8 Å². The molecule has 0 bridgehead atoms. The van der Waals surface area contributed by atoms with Crippen LogP contribution in [-0.2, 0) is 13.0 Å². The number of hydrogen-bond acceptors (Lipinski definition) is 2. The molecule has 1 aromatic carbocycles. The summed E-state index contributed by atoms with van der Waals surface area (Å²) in [4.78, 5) is 4.51. The van der Waals surface area contributed by atoms with E-state index >= 15 is 0 Å². The van der Waals surface area contributed by atoms with Crippen LogP contribution >= 0.6 is 0 Å². The van der Waals surface area contributed by atoms with E-state index in [1.807, 2.05) is 18.4 Å². The van der Waals surface area contributed by atoms with Gasteiger partial charge in [-0.25, -0.2) is 9.37 Å². The first-order valence-electron chi connectivity index (χ1n) is 5.78. The average molecular weight is 233 g/mol. The summed E-state index contributed by atoms with van der Waals surface area (Å²) in [5, 5.41) is 0. The van der Waals surface area contributed by atoms with Crippen molar-refractivity contribution >= 4 is 5.82 Å². The summed E-state index contributed by atoms with van der Waals surface area (Å²) in [6, 6.07) is 6.25. The van der Waals surface area contributed by atoms with Crippen LogP contribution in [0.5, 0.6) is 0 Å². The number of benzene rings is 1. The van der Waals surface area contributed by atoms with Gasteiger partial charge in [0, 0.05) is 18.5 Å². The van der Waals surface area contributed by atoms with Crippen molar-refractivity contribution in [2.24, 2.45) is 0 Å². The van der Waals surface area contributed by atoms with Gasteiger partial charge in [0.1, 0.15) is 23.2 Å². The van der Waals surface area contributed by atoms with E-state index in [0.717, 1.165) is 30.0 Å². The van der Waals surface area contributed by atoms with Gasteiger partial charge in [0.2, 0.25) is 0 Å². The highest BCUT2D eigenvalue weighted by atomic mass is 19.1. The van der Waals surface area contributed by atoms with Gasteiger partial charge in [0.05, 0.1) is 0 Å². The largest absolute Gasteiger partial charge is 0.383 e. The third kappa shape index (κ3) is 2.02. The zero-order chi connectivity index (χ0) is 12.4. The van der Waals surface area contributed by atoms with Gasteiger partial charge in [-0.2, -0.15) is 0 Å². The molecule has 2 rings (SSSR count). The normalized spacial score (nSPS) is 10.8. The van der Waals surface area contributed by atoms with Crippen molar-refractivity contribution < 1.29 is 4.39 Å². The average Bonchev–Trinajstić information content (AvgIpc) is 2.66. The number of rotatable bonds is 3. The monoisotopic (exact) mass is 233 g/mol. The Kier molecular flexibility index (Phi) is 3.13. The Morgan fingerprint density at radius 2 is 1.88 bits per heavy atom. The highest BCUT2D eigenvalue weighted by Crippen LogP contribution is 2.26. The molecule has 0 atom stereocenters. The van der Waals surface area contributed by atoms with E-state index < -0.39 is 0 Å². The highest BCUT2D eigenvalue weighted by Gasteiger charge is 2.13. The fourth-order valence-electron chi connectivity index (χ4n) is 1.96. The van der Waals surface area contributed by atoms with Crippen LogP contribution in [0.4, 0.5) is 10.2 Å². The predicted molar refractivity (Wildman–Crippen MR) is 67.1 cm³/mol. The van der Waals surface area contributed by atoms with Crippen LogP contribution in [0.1, 0.15) is 19.7 Å². The second-order valence-electron chi connectivity index (χ2n) is 3.87. The Morgan fingerprint density at radius 3 is 2.35 bits per heavy atom. The summed E-state index contributed by atoms with van der Waals surface area (Å²) in [5.41, 5.74) is 7.66. The molecule has 0 aliphatic heterocycles. The molecule has 4 heteroatoms. The molecule has 0 saturated heterocycles. The standard InChI is InChI=1S/C13H16FN3/c1-3-11-16-12(13(15)17(11)4-2)9-5-7-10(14)8-6-9/h5-8H,3-4,15H2,1-2H3. The van der Waals surface area contributed by atoms with E-state index in [1.165, 1.54) is 12.1 Å². The maximum atomic E-state index is 12.9. The molecule has 0 spiro atoms. The Bertz CT molecular complexity index is 514. The molecule has 0 unspecified atom stereocenters. The lowest BCUT2D eigenvalue weighted by atomic mass is 10.1. The van der Waals surface area contributed by atoms with Crippen molar-refractivity contribution in [3.05, 3.63) is 35.9 Å². The van der Waals surface area contributed by atoms with Gasteiger partial charge < -0.3 is 10.3 Å². The smallest absolute Gasteiger partial charge is 0.131 e. The zero-order valence-corrected chi connectivity index (χ0v) is 10.1. The van der Waals surface area contributed by atoms with Crippen LogP contribution in [-0.4, -0.2) is 9.55 Å². The molecule has 0 aliphatic rings. The minimum absolute atomic E-state index is 0.252. The quantitative estimate of drug-likeness (QED) is 0.885. The summed E-state index contributed by atoms with van der Waals surface area (Å²) in [5.74, 6) is 1.36. The summed E-state index contributed by atoms with van der Waals surface area (Å²) in [7, 11) is 0. The number of halogens is 1. The second kappa shape index (κ2) is 4.57. The first-order chi connectivity index (χ1) is 8.17. The molecule has 0 saturated carbocycles. The van der Waals surface area contributed by atoms with Crippen molar-refractivity contribution in [3.63, 3.8) is 0 Å². The van der Waals surface area contributed by atoms with Gasteiger partial charge in [-0.15, -0.1) is 0 Å². The molecule has 2 aromatic rings. The number of anilines is 1. The molecule has 0 amide bonds. The molecule has 90 valence electrons. The summed E-state index contributed by atoms with van der Waals surface area (Å²) >= 11 is 0. The first kappa shape index (κ1) is 11.6. The fourth-order valence-corrected chi connectivity index (χ4v) is 1.96. The lowest BCUT2D eigenvalue weighted by Crippen LogP contribution is -2.04. The lowest BCUT2D eigenvalue weighted by Gasteiger charge is -2.04. The topological polar surface area (TPSA) is 43.8 Å². The van der Waals surface area contributed by atoms with Crippen LogP contribution in [0.3, 0.4) is 0 Å². The van der Waals surface area contributed by atoms with E-state index in [9.17, 15) is 4.39 Å². The summed E-state index contributed by atoms with van der Waals surface area (Å²) in [6.45, 7) is 4.87. The molecule has 0 aliphatic carbocycles. The van der Waals surface area contributed by atoms with E-state index in [-0.39, 0.29) is 5.82 Å². The molecule has 1 heterocycles. The molecule has 0 radical (unpaired) electrons. The van der Waals surface area contributed by atoms with E-state index in [1.54, 1.807) is 12.1 Å².